The molecule has 1 amide bonds. The molecule has 5 nitrogen and oxygen atoms in total. The van der Waals surface area contributed by atoms with Crippen molar-refractivity contribution in [3.63, 3.8) is 0 Å². The molecule has 30 heavy (non-hydrogen) atoms. The molecule has 7 heteroatoms. The Bertz CT molecular complexity index is 1140. The third-order valence-corrected chi connectivity index (χ3v) is 8.42. The summed E-state index contributed by atoms with van der Waals surface area (Å²) in [5.74, 6) is -0.0564. The molecular formula is C23H24N2O3S2. The number of carbonyl (C=O) groups is 1. The van der Waals surface area contributed by atoms with E-state index >= 15 is 0 Å². The van der Waals surface area contributed by atoms with Crippen molar-refractivity contribution < 1.29 is 13.2 Å². The van der Waals surface area contributed by atoms with Gasteiger partial charge in [0.15, 0.2) is 0 Å². The van der Waals surface area contributed by atoms with Crippen LogP contribution in [0.5, 0.6) is 0 Å². The monoisotopic (exact) mass is 440 g/mol. The zero-order valence-corrected chi connectivity index (χ0v) is 18.6. The number of hydrogen-bond donors (Lipinski definition) is 0. The molecule has 0 bridgehead atoms. The lowest BCUT2D eigenvalue weighted by Gasteiger charge is -2.35. The van der Waals surface area contributed by atoms with Crippen LogP contribution >= 0.6 is 11.3 Å². The highest BCUT2D eigenvalue weighted by molar-refractivity contribution is 7.92. The van der Waals surface area contributed by atoms with Gasteiger partial charge in [0.25, 0.3) is 15.9 Å². The Hall–Kier alpha value is -2.64. The standard InChI is InChI=1S/C23H24N2O3S2/c1-3-21-20-14-16-29-22(20)13-15-25(21)23(26)17-9-11-19(12-10-17)30(27,28)24(2)18-7-5-4-6-8-18/h4-12,14,16,21H,3,13,15H2,1-2H3. The average Bonchev–Trinajstić information content (AvgIpc) is 3.27. The van der Waals surface area contributed by atoms with Crippen LogP contribution in [0.25, 0.3) is 0 Å². The Morgan fingerprint density at radius 1 is 1.10 bits per heavy atom. The van der Waals surface area contributed by atoms with Gasteiger partial charge < -0.3 is 4.90 Å². The summed E-state index contributed by atoms with van der Waals surface area (Å²) < 4.78 is 27.2. The van der Waals surface area contributed by atoms with Crippen molar-refractivity contribution in [2.75, 3.05) is 17.9 Å². The fourth-order valence-electron chi connectivity index (χ4n) is 3.95. The summed E-state index contributed by atoms with van der Waals surface area (Å²) >= 11 is 1.75. The smallest absolute Gasteiger partial charge is 0.264 e. The predicted octanol–water partition coefficient (Wildman–Crippen LogP) is 4.72. The Kier molecular flexibility index (Phi) is 5.66. The summed E-state index contributed by atoms with van der Waals surface area (Å²) in [7, 11) is -2.17. The molecule has 0 radical (unpaired) electrons. The molecule has 0 fully saturated rings. The summed E-state index contributed by atoms with van der Waals surface area (Å²) in [5, 5.41) is 2.09. The van der Waals surface area contributed by atoms with Crippen LogP contribution in [0.15, 0.2) is 70.9 Å². The fraction of sp³-hybridized carbons (Fsp3) is 0.261. The molecule has 0 saturated heterocycles. The SMILES string of the molecule is CCC1c2ccsc2CCN1C(=O)c1ccc(S(=O)(=O)N(C)c2ccccc2)cc1. The number of thiophene rings is 1. The predicted molar refractivity (Wildman–Crippen MR) is 121 cm³/mol. The Balaban J connectivity index is 1.57. The maximum Gasteiger partial charge on any atom is 0.264 e. The van der Waals surface area contributed by atoms with E-state index in [1.165, 1.54) is 33.9 Å². The van der Waals surface area contributed by atoms with E-state index in [-0.39, 0.29) is 16.8 Å². The molecule has 0 spiro atoms. The van der Waals surface area contributed by atoms with Gasteiger partial charge in [-0.2, -0.15) is 0 Å². The van der Waals surface area contributed by atoms with Crippen LogP contribution in [0, 0.1) is 0 Å². The molecule has 1 unspecified atom stereocenters. The number of para-hydroxylation sites is 1. The first-order valence-corrected chi connectivity index (χ1v) is 12.3. The molecule has 156 valence electrons. The summed E-state index contributed by atoms with van der Waals surface area (Å²) in [6.07, 6.45) is 1.72. The van der Waals surface area contributed by atoms with Gasteiger partial charge in [-0.1, -0.05) is 25.1 Å². The summed E-state index contributed by atoms with van der Waals surface area (Å²) in [5.41, 5.74) is 2.34. The lowest BCUT2D eigenvalue weighted by Crippen LogP contribution is -2.39. The zero-order valence-electron chi connectivity index (χ0n) is 17.0. The van der Waals surface area contributed by atoms with E-state index in [1.807, 2.05) is 11.0 Å². The highest BCUT2D eigenvalue weighted by Gasteiger charge is 2.31. The molecule has 1 aromatic heterocycles. The van der Waals surface area contributed by atoms with Crippen molar-refractivity contribution in [2.24, 2.45) is 0 Å². The minimum Gasteiger partial charge on any atom is -0.331 e. The zero-order chi connectivity index (χ0) is 21.3. The van der Waals surface area contributed by atoms with Gasteiger partial charge in [0, 0.05) is 24.0 Å². The molecule has 0 aliphatic carbocycles. The highest BCUT2D eigenvalue weighted by atomic mass is 32.2. The van der Waals surface area contributed by atoms with Crippen molar-refractivity contribution >= 4 is 33.0 Å². The average molecular weight is 441 g/mol. The number of benzene rings is 2. The van der Waals surface area contributed by atoms with E-state index < -0.39 is 10.0 Å². The number of sulfonamides is 1. The second-order valence-electron chi connectivity index (χ2n) is 7.30. The number of hydrogen-bond acceptors (Lipinski definition) is 4. The molecule has 2 aromatic carbocycles. The van der Waals surface area contributed by atoms with Crippen molar-refractivity contribution in [1.29, 1.82) is 0 Å². The van der Waals surface area contributed by atoms with Gasteiger partial charge in [-0.15, -0.1) is 11.3 Å². The van der Waals surface area contributed by atoms with Crippen LogP contribution in [-0.2, 0) is 16.4 Å². The Labute approximate surface area is 181 Å². The van der Waals surface area contributed by atoms with E-state index in [0.29, 0.717) is 17.8 Å². The largest absolute Gasteiger partial charge is 0.331 e. The van der Waals surface area contributed by atoms with Crippen LogP contribution in [0.3, 0.4) is 0 Å². The van der Waals surface area contributed by atoms with Gasteiger partial charge in [0.1, 0.15) is 0 Å². The Morgan fingerprint density at radius 3 is 2.47 bits per heavy atom. The third kappa shape index (κ3) is 3.63. The first-order chi connectivity index (χ1) is 14.4. The molecule has 0 saturated carbocycles. The normalized spacial score (nSPS) is 16.2. The summed E-state index contributed by atoms with van der Waals surface area (Å²) in [6.45, 7) is 2.77. The summed E-state index contributed by atoms with van der Waals surface area (Å²) in [6, 6.07) is 17.4. The van der Waals surface area contributed by atoms with Crippen LogP contribution in [0.4, 0.5) is 5.69 Å². The van der Waals surface area contributed by atoms with Gasteiger partial charge in [0.05, 0.1) is 16.6 Å². The van der Waals surface area contributed by atoms with E-state index in [2.05, 4.69) is 18.4 Å². The molecule has 1 atom stereocenters. The molecule has 2 heterocycles. The van der Waals surface area contributed by atoms with Crippen molar-refractivity contribution in [3.05, 3.63) is 82.0 Å². The molecule has 4 rings (SSSR count). The second kappa shape index (κ2) is 8.24. The molecule has 0 N–H and O–H groups in total. The van der Waals surface area contributed by atoms with Gasteiger partial charge in [-0.3, -0.25) is 9.10 Å². The fourth-order valence-corrected chi connectivity index (χ4v) is 6.07. The van der Waals surface area contributed by atoms with Crippen molar-refractivity contribution in [2.45, 2.75) is 30.7 Å². The first-order valence-electron chi connectivity index (χ1n) is 9.94. The van der Waals surface area contributed by atoms with Crippen LogP contribution in [0.2, 0.25) is 0 Å². The van der Waals surface area contributed by atoms with E-state index in [0.717, 1.165) is 12.8 Å². The van der Waals surface area contributed by atoms with E-state index in [1.54, 1.807) is 47.7 Å². The third-order valence-electron chi connectivity index (χ3n) is 5.62. The number of carbonyl (C=O) groups excluding carboxylic acids is 1. The first kappa shape index (κ1) is 20.6. The number of rotatable bonds is 5. The molecule has 1 aliphatic heterocycles. The number of anilines is 1. The number of amides is 1. The van der Waals surface area contributed by atoms with Crippen LogP contribution in [0.1, 0.15) is 40.2 Å². The second-order valence-corrected chi connectivity index (χ2v) is 10.3. The quantitative estimate of drug-likeness (QED) is 0.577. The van der Waals surface area contributed by atoms with E-state index in [9.17, 15) is 13.2 Å². The van der Waals surface area contributed by atoms with E-state index in [4.69, 9.17) is 0 Å². The van der Waals surface area contributed by atoms with Crippen molar-refractivity contribution in [3.8, 4) is 0 Å². The van der Waals surface area contributed by atoms with Gasteiger partial charge in [-0.25, -0.2) is 8.42 Å². The number of nitrogens with zero attached hydrogens (tertiary/aromatic N) is 2. The molecule has 1 aliphatic rings. The maximum atomic E-state index is 13.2. The Morgan fingerprint density at radius 2 is 1.80 bits per heavy atom. The minimum absolute atomic E-state index is 0.0564. The highest BCUT2D eigenvalue weighted by Crippen LogP contribution is 2.36. The van der Waals surface area contributed by atoms with Crippen molar-refractivity contribution in [1.82, 2.24) is 4.90 Å². The van der Waals surface area contributed by atoms with Gasteiger partial charge in [-0.05, 0) is 66.2 Å². The van der Waals surface area contributed by atoms with Gasteiger partial charge >= 0.3 is 0 Å². The molecule has 3 aromatic rings. The lowest BCUT2D eigenvalue weighted by atomic mass is 9.97. The maximum absolute atomic E-state index is 13.2. The van der Waals surface area contributed by atoms with Crippen LogP contribution < -0.4 is 4.31 Å². The van der Waals surface area contributed by atoms with Gasteiger partial charge in [0.2, 0.25) is 0 Å². The minimum atomic E-state index is -3.70. The number of fused-ring (bicyclic) bond motifs is 1. The lowest BCUT2D eigenvalue weighted by molar-refractivity contribution is 0.0657. The summed E-state index contributed by atoms with van der Waals surface area (Å²) in [4.78, 5) is 16.6. The molecular weight excluding hydrogens is 416 g/mol. The topological polar surface area (TPSA) is 57.7 Å². The van der Waals surface area contributed by atoms with Crippen LogP contribution in [-0.4, -0.2) is 32.8 Å².